The Labute approximate surface area is 177 Å². The normalized spacial score (nSPS) is 15.7. The van der Waals surface area contributed by atoms with Crippen LogP contribution < -0.4 is 16.0 Å². The maximum Gasteiger partial charge on any atom is 0.414 e. The summed E-state index contributed by atoms with van der Waals surface area (Å²) >= 11 is 1.42. The Morgan fingerprint density at radius 2 is 2.00 bits per heavy atom. The first-order valence-corrected chi connectivity index (χ1v) is 10.5. The molecule has 3 amide bonds. The largest absolute Gasteiger partial charge is 0.442 e. The topological polar surface area (TPSA) is 102 Å². The number of nitrogens with zero attached hydrogens (tertiary/aromatic N) is 1. The Bertz CT molecular complexity index is 952. The highest BCUT2D eigenvalue weighted by molar-refractivity contribution is 7.99. The summed E-state index contributed by atoms with van der Waals surface area (Å²) in [7, 11) is 0. The fourth-order valence-electron chi connectivity index (χ4n) is 3.05. The maximum absolute atomic E-state index is 14.8. The number of nitrogens with one attached hydrogen (secondary N) is 1. The van der Waals surface area contributed by atoms with Gasteiger partial charge in [0.05, 0.1) is 24.5 Å². The van der Waals surface area contributed by atoms with Crippen molar-refractivity contribution < 1.29 is 23.5 Å². The number of nitrogens with two attached hydrogens (primary N) is 1. The van der Waals surface area contributed by atoms with Crippen molar-refractivity contribution in [1.82, 2.24) is 5.32 Å². The molecule has 1 aliphatic heterocycles. The molecule has 30 heavy (non-hydrogen) atoms. The summed E-state index contributed by atoms with van der Waals surface area (Å²) in [6, 6.07) is 12.0. The van der Waals surface area contributed by atoms with Crippen molar-refractivity contribution in [2.24, 2.45) is 5.73 Å². The van der Waals surface area contributed by atoms with Gasteiger partial charge in [-0.1, -0.05) is 24.3 Å². The Balaban J connectivity index is 1.67. The standard InChI is InChI=1S/C21H22FN3O4S/c1-13(26)24-9-17-10-25(21(28)29-17)16-6-7-18(19(22)8-16)15-4-2-14(3-5-15)11-30-12-20(23)27/h2-8,17H,9-12H2,1H3,(H2,23,27)(H,24,26)/t17-/m0/s1. The lowest BCUT2D eigenvalue weighted by molar-refractivity contribution is -0.119. The molecule has 0 aromatic heterocycles. The predicted molar refractivity (Wildman–Crippen MR) is 113 cm³/mol. The zero-order valence-corrected chi connectivity index (χ0v) is 17.2. The molecule has 0 aliphatic carbocycles. The lowest BCUT2D eigenvalue weighted by atomic mass is 10.0. The van der Waals surface area contributed by atoms with Crippen LogP contribution >= 0.6 is 11.8 Å². The van der Waals surface area contributed by atoms with Gasteiger partial charge in [0.15, 0.2) is 0 Å². The lowest BCUT2D eigenvalue weighted by Gasteiger charge is -2.14. The van der Waals surface area contributed by atoms with Crippen molar-refractivity contribution in [3.05, 3.63) is 53.8 Å². The zero-order valence-electron chi connectivity index (χ0n) is 16.4. The molecule has 0 radical (unpaired) electrons. The Morgan fingerprint density at radius 3 is 2.63 bits per heavy atom. The molecule has 1 fully saturated rings. The average molecular weight is 431 g/mol. The number of halogens is 1. The average Bonchev–Trinajstić information content (AvgIpc) is 3.07. The molecule has 158 valence electrons. The fourth-order valence-corrected chi connectivity index (χ4v) is 3.78. The summed E-state index contributed by atoms with van der Waals surface area (Å²) in [5.74, 6) is -0.134. The van der Waals surface area contributed by atoms with Gasteiger partial charge in [0, 0.05) is 18.2 Å². The first-order chi connectivity index (χ1) is 14.3. The molecule has 0 saturated carbocycles. The summed E-state index contributed by atoms with van der Waals surface area (Å²) in [4.78, 5) is 35.3. The second-order valence-corrected chi connectivity index (χ2v) is 7.86. The molecule has 1 heterocycles. The second-order valence-electron chi connectivity index (χ2n) is 6.87. The first-order valence-electron chi connectivity index (χ1n) is 9.31. The van der Waals surface area contributed by atoms with E-state index in [1.54, 1.807) is 12.1 Å². The van der Waals surface area contributed by atoms with Crippen molar-refractivity contribution in [3.63, 3.8) is 0 Å². The van der Waals surface area contributed by atoms with Gasteiger partial charge in [-0.2, -0.15) is 0 Å². The van der Waals surface area contributed by atoms with Gasteiger partial charge in [0.2, 0.25) is 11.8 Å². The van der Waals surface area contributed by atoms with E-state index in [0.717, 1.165) is 5.56 Å². The molecule has 2 aromatic carbocycles. The van der Waals surface area contributed by atoms with Gasteiger partial charge in [0.25, 0.3) is 0 Å². The van der Waals surface area contributed by atoms with E-state index in [-0.39, 0.29) is 30.7 Å². The van der Waals surface area contributed by atoms with Crippen molar-refractivity contribution >= 4 is 35.4 Å². The molecular weight excluding hydrogens is 409 g/mol. The number of hydrogen-bond donors (Lipinski definition) is 2. The molecule has 1 atom stereocenters. The van der Waals surface area contributed by atoms with Gasteiger partial charge < -0.3 is 15.8 Å². The SMILES string of the molecule is CC(=O)NC[C@H]1CN(c2ccc(-c3ccc(CSCC(N)=O)cc3)c(F)c2)C(=O)O1. The quantitative estimate of drug-likeness (QED) is 0.669. The Kier molecular flexibility index (Phi) is 6.94. The molecular formula is C21H22FN3O4S. The Morgan fingerprint density at radius 1 is 1.27 bits per heavy atom. The van der Waals surface area contributed by atoms with E-state index in [9.17, 15) is 18.8 Å². The van der Waals surface area contributed by atoms with Crippen LogP contribution in [0.25, 0.3) is 11.1 Å². The van der Waals surface area contributed by atoms with E-state index in [4.69, 9.17) is 10.5 Å². The number of benzene rings is 2. The maximum atomic E-state index is 14.8. The number of anilines is 1. The third kappa shape index (κ3) is 5.50. The molecule has 0 spiro atoms. The number of ether oxygens (including phenoxy) is 1. The van der Waals surface area contributed by atoms with Gasteiger partial charge in [0.1, 0.15) is 11.9 Å². The molecule has 1 aliphatic rings. The smallest absolute Gasteiger partial charge is 0.414 e. The number of rotatable bonds is 8. The van der Waals surface area contributed by atoms with Gasteiger partial charge in [-0.15, -0.1) is 11.8 Å². The molecule has 0 unspecified atom stereocenters. The van der Waals surface area contributed by atoms with Crippen LogP contribution in [0.5, 0.6) is 0 Å². The van der Waals surface area contributed by atoms with E-state index in [0.29, 0.717) is 22.6 Å². The highest BCUT2D eigenvalue weighted by Gasteiger charge is 2.32. The molecule has 3 rings (SSSR count). The van der Waals surface area contributed by atoms with Crippen molar-refractivity contribution in [2.75, 3.05) is 23.7 Å². The van der Waals surface area contributed by atoms with Crippen LogP contribution in [0.2, 0.25) is 0 Å². The summed E-state index contributed by atoms with van der Waals surface area (Å²) in [6.45, 7) is 1.83. The highest BCUT2D eigenvalue weighted by atomic mass is 32.2. The number of thioether (sulfide) groups is 1. The van der Waals surface area contributed by atoms with Crippen LogP contribution in [0, 0.1) is 5.82 Å². The van der Waals surface area contributed by atoms with Crippen molar-refractivity contribution in [1.29, 1.82) is 0 Å². The minimum Gasteiger partial charge on any atom is -0.442 e. The number of carbonyl (C=O) groups excluding carboxylic acids is 3. The van der Waals surface area contributed by atoms with Crippen molar-refractivity contribution in [3.8, 4) is 11.1 Å². The van der Waals surface area contributed by atoms with Crippen LogP contribution in [0.1, 0.15) is 12.5 Å². The van der Waals surface area contributed by atoms with E-state index >= 15 is 0 Å². The van der Waals surface area contributed by atoms with Gasteiger partial charge in [-0.3, -0.25) is 14.5 Å². The van der Waals surface area contributed by atoms with Crippen LogP contribution in [0.15, 0.2) is 42.5 Å². The highest BCUT2D eigenvalue weighted by Crippen LogP contribution is 2.29. The number of cyclic esters (lactones) is 1. The summed E-state index contributed by atoms with van der Waals surface area (Å²) in [5, 5.41) is 2.60. The minimum atomic E-state index is -0.574. The predicted octanol–water partition coefficient (Wildman–Crippen LogP) is 2.67. The van der Waals surface area contributed by atoms with Gasteiger partial charge in [-0.25, -0.2) is 9.18 Å². The van der Waals surface area contributed by atoms with Crippen molar-refractivity contribution in [2.45, 2.75) is 18.8 Å². The molecule has 9 heteroatoms. The molecule has 2 aromatic rings. The minimum absolute atomic E-state index is 0.211. The van der Waals surface area contributed by atoms with Gasteiger partial charge >= 0.3 is 6.09 Å². The summed E-state index contributed by atoms with van der Waals surface area (Å²) in [5.41, 5.74) is 7.64. The first kappa shape index (κ1) is 21.6. The molecule has 7 nitrogen and oxygen atoms in total. The van der Waals surface area contributed by atoms with E-state index < -0.39 is 18.0 Å². The van der Waals surface area contributed by atoms with Crippen LogP contribution in [-0.2, 0) is 20.1 Å². The lowest BCUT2D eigenvalue weighted by Crippen LogP contribution is -2.33. The molecule has 0 bridgehead atoms. The van der Waals surface area contributed by atoms with Gasteiger partial charge in [-0.05, 0) is 29.3 Å². The van der Waals surface area contributed by atoms with Crippen LogP contribution in [-0.4, -0.2) is 42.9 Å². The number of amides is 3. The van der Waals surface area contributed by atoms with E-state index in [1.165, 1.54) is 29.7 Å². The molecule has 3 N–H and O–H groups in total. The fraction of sp³-hybridized carbons (Fsp3) is 0.286. The number of carbonyl (C=O) groups is 3. The van der Waals surface area contributed by atoms with Crippen LogP contribution in [0.4, 0.5) is 14.9 Å². The third-order valence-corrected chi connectivity index (χ3v) is 5.52. The number of primary amides is 1. The second kappa shape index (κ2) is 9.62. The Hall–Kier alpha value is -3.07. The summed E-state index contributed by atoms with van der Waals surface area (Å²) in [6.07, 6.45) is -1.06. The third-order valence-electron chi connectivity index (χ3n) is 4.50. The molecule has 1 saturated heterocycles. The van der Waals surface area contributed by atoms with E-state index in [2.05, 4.69) is 5.32 Å². The monoisotopic (exact) mass is 431 g/mol. The zero-order chi connectivity index (χ0) is 21.7. The van der Waals surface area contributed by atoms with E-state index in [1.807, 2.05) is 24.3 Å². The van der Waals surface area contributed by atoms with Crippen LogP contribution in [0.3, 0.4) is 0 Å². The number of hydrogen-bond acceptors (Lipinski definition) is 5. The summed E-state index contributed by atoms with van der Waals surface area (Å²) < 4.78 is 20.0.